The van der Waals surface area contributed by atoms with Gasteiger partial charge in [0.1, 0.15) is 6.04 Å². The van der Waals surface area contributed by atoms with Crippen LogP contribution < -0.4 is 10.9 Å². The van der Waals surface area contributed by atoms with Crippen LogP contribution >= 0.6 is 0 Å². The average molecular weight is 251 g/mol. The molecule has 1 aromatic heterocycles. The number of aromatic nitrogens is 2. The van der Waals surface area contributed by atoms with Crippen molar-refractivity contribution in [2.24, 2.45) is 0 Å². The third-order valence-corrected chi connectivity index (χ3v) is 2.71. The number of rotatable bonds is 4. The molecule has 2 N–H and O–H groups in total. The van der Waals surface area contributed by atoms with E-state index < -0.39 is 17.6 Å². The zero-order chi connectivity index (χ0) is 13.3. The van der Waals surface area contributed by atoms with E-state index in [9.17, 15) is 14.4 Å². The minimum absolute atomic E-state index is 0.179. The maximum absolute atomic E-state index is 11.8. The van der Waals surface area contributed by atoms with Crippen molar-refractivity contribution >= 4 is 11.9 Å². The van der Waals surface area contributed by atoms with E-state index in [1.54, 1.807) is 0 Å². The molecule has 0 spiro atoms. The van der Waals surface area contributed by atoms with Gasteiger partial charge < -0.3 is 10.4 Å². The minimum atomic E-state index is -1.24. The van der Waals surface area contributed by atoms with Crippen LogP contribution in [0.15, 0.2) is 16.9 Å². The quantitative estimate of drug-likeness (QED) is 0.770. The van der Waals surface area contributed by atoms with Crippen molar-refractivity contribution in [1.29, 1.82) is 0 Å². The molecule has 18 heavy (non-hydrogen) atoms. The summed E-state index contributed by atoms with van der Waals surface area (Å²) in [5, 5.41) is 15.2. The molecule has 2 rings (SSSR count). The molecule has 1 unspecified atom stereocenters. The number of nitrogens with zero attached hydrogens (tertiary/aromatic N) is 2. The first-order valence-electron chi connectivity index (χ1n) is 5.62. The van der Waals surface area contributed by atoms with Gasteiger partial charge in [0.2, 0.25) is 5.91 Å². The standard InChI is InChI=1S/C11H13N3O4/c1-6(10(16)12-7-2-3-7)14-9(15)5-4-8(13-14)11(17)18/h4-7H,2-3H2,1H3,(H,12,16)(H,17,18). The molecule has 0 bridgehead atoms. The number of hydrogen-bond acceptors (Lipinski definition) is 4. The molecule has 1 saturated carbocycles. The Morgan fingerprint density at radius 1 is 1.50 bits per heavy atom. The van der Waals surface area contributed by atoms with E-state index in [-0.39, 0.29) is 17.6 Å². The molecular weight excluding hydrogens is 238 g/mol. The molecule has 1 heterocycles. The predicted octanol–water partition coefficient (Wildman–Crippen LogP) is -0.219. The van der Waals surface area contributed by atoms with Gasteiger partial charge in [0.15, 0.2) is 5.69 Å². The van der Waals surface area contributed by atoms with Gasteiger partial charge in [-0.1, -0.05) is 0 Å². The van der Waals surface area contributed by atoms with Gasteiger partial charge in [-0.3, -0.25) is 9.59 Å². The van der Waals surface area contributed by atoms with Crippen molar-refractivity contribution in [2.75, 3.05) is 0 Å². The largest absolute Gasteiger partial charge is 0.476 e. The summed E-state index contributed by atoms with van der Waals surface area (Å²) in [7, 11) is 0. The molecule has 0 aliphatic heterocycles. The smallest absolute Gasteiger partial charge is 0.356 e. The molecule has 7 heteroatoms. The van der Waals surface area contributed by atoms with E-state index in [2.05, 4.69) is 10.4 Å². The molecule has 7 nitrogen and oxygen atoms in total. The van der Waals surface area contributed by atoms with Gasteiger partial charge in [0.05, 0.1) is 0 Å². The lowest BCUT2D eigenvalue weighted by Crippen LogP contribution is -2.38. The lowest BCUT2D eigenvalue weighted by atomic mass is 10.3. The van der Waals surface area contributed by atoms with Gasteiger partial charge in [-0.05, 0) is 25.8 Å². The minimum Gasteiger partial charge on any atom is -0.476 e. The van der Waals surface area contributed by atoms with E-state index in [0.29, 0.717) is 0 Å². The van der Waals surface area contributed by atoms with E-state index in [4.69, 9.17) is 5.11 Å². The Labute approximate surface area is 102 Å². The van der Waals surface area contributed by atoms with Crippen LogP contribution in [0.4, 0.5) is 0 Å². The Kier molecular flexibility index (Phi) is 3.14. The normalized spacial score (nSPS) is 16.1. The van der Waals surface area contributed by atoms with Gasteiger partial charge in [-0.15, -0.1) is 0 Å². The Hall–Kier alpha value is -2.18. The molecule has 1 atom stereocenters. The van der Waals surface area contributed by atoms with Gasteiger partial charge in [0.25, 0.3) is 5.56 Å². The monoisotopic (exact) mass is 251 g/mol. The molecule has 1 aliphatic rings. The number of aromatic carboxylic acids is 1. The molecule has 1 fully saturated rings. The van der Waals surface area contributed by atoms with Crippen LogP contribution in [-0.4, -0.2) is 32.8 Å². The van der Waals surface area contributed by atoms with Crippen LogP contribution in [0.5, 0.6) is 0 Å². The molecule has 0 aromatic carbocycles. The topological polar surface area (TPSA) is 101 Å². The van der Waals surface area contributed by atoms with Crippen LogP contribution in [0.3, 0.4) is 0 Å². The van der Waals surface area contributed by atoms with Crippen LogP contribution in [-0.2, 0) is 4.79 Å². The van der Waals surface area contributed by atoms with E-state index >= 15 is 0 Å². The Balaban J connectivity index is 2.24. The van der Waals surface area contributed by atoms with Crippen LogP contribution in [0.2, 0.25) is 0 Å². The fourth-order valence-corrected chi connectivity index (χ4v) is 1.48. The van der Waals surface area contributed by atoms with Crippen molar-refractivity contribution in [3.8, 4) is 0 Å². The zero-order valence-corrected chi connectivity index (χ0v) is 9.79. The summed E-state index contributed by atoms with van der Waals surface area (Å²) < 4.78 is 0.890. The second-order valence-corrected chi connectivity index (χ2v) is 4.27. The fraction of sp³-hybridized carbons (Fsp3) is 0.455. The number of amides is 1. The molecule has 0 radical (unpaired) electrons. The third kappa shape index (κ3) is 2.55. The number of nitrogens with one attached hydrogen (secondary N) is 1. The first-order valence-corrected chi connectivity index (χ1v) is 5.62. The van der Waals surface area contributed by atoms with Crippen molar-refractivity contribution in [3.05, 3.63) is 28.2 Å². The number of hydrogen-bond donors (Lipinski definition) is 2. The molecule has 96 valence electrons. The molecule has 1 aromatic rings. The first kappa shape index (κ1) is 12.3. The highest BCUT2D eigenvalue weighted by Gasteiger charge is 2.27. The van der Waals surface area contributed by atoms with Gasteiger partial charge in [0, 0.05) is 12.1 Å². The average Bonchev–Trinajstić information content (AvgIpc) is 3.12. The highest BCUT2D eigenvalue weighted by atomic mass is 16.4. The summed E-state index contributed by atoms with van der Waals surface area (Å²) in [6, 6.07) is 1.57. The fourth-order valence-electron chi connectivity index (χ4n) is 1.48. The van der Waals surface area contributed by atoms with Gasteiger partial charge >= 0.3 is 5.97 Å². The third-order valence-electron chi connectivity index (χ3n) is 2.71. The lowest BCUT2D eigenvalue weighted by Gasteiger charge is -2.13. The van der Waals surface area contributed by atoms with E-state index in [0.717, 1.165) is 29.7 Å². The van der Waals surface area contributed by atoms with Crippen molar-refractivity contribution in [2.45, 2.75) is 31.8 Å². The maximum Gasteiger partial charge on any atom is 0.356 e. The van der Waals surface area contributed by atoms with Gasteiger partial charge in [-0.2, -0.15) is 5.10 Å². The summed E-state index contributed by atoms with van der Waals surface area (Å²) in [6.45, 7) is 1.51. The Morgan fingerprint density at radius 2 is 2.17 bits per heavy atom. The molecule has 1 aliphatic carbocycles. The number of carbonyl (C=O) groups is 2. The van der Waals surface area contributed by atoms with Crippen LogP contribution in [0.25, 0.3) is 0 Å². The second kappa shape index (κ2) is 4.59. The first-order chi connectivity index (χ1) is 8.49. The Bertz CT molecular complexity index is 547. The Morgan fingerprint density at radius 3 is 2.72 bits per heavy atom. The summed E-state index contributed by atoms with van der Waals surface area (Å²) in [6.07, 6.45) is 1.88. The maximum atomic E-state index is 11.8. The lowest BCUT2D eigenvalue weighted by molar-refractivity contribution is -0.124. The summed E-state index contributed by atoms with van der Waals surface area (Å²) in [5.74, 6) is -1.56. The highest BCUT2D eigenvalue weighted by Crippen LogP contribution is 2.19. The van der Waals surface area contributed by atoms with E-state index in [1.165, 1.54) is 6.92 Å². The molecule has 1 amide bonds. The summed E-state index contributed by atoms with van der Waals surface area (Å²) >= 11 is 0. The van der Waals surface area contributed by atoms with Crippen LogP contribution in [0.1, 0.15) is 36.3 Å². The van der Waals surface area contributed by atoms with E-state index in [1.807, 2.05) is 0 Å². The molecule has 0 saturated heterocycles. The predicted molar refractivity (Wildman–Crippen MR) is 61.3 cm³/mol. The van der Waals surface area contributed by atoms with Crippen molar-refractivity contribution in [1.82, 2.24) is 15.1 Å². The molecular formula is C11H13N3O4. The number of carboxylic acid groups (broad SMARTS) is 1. The summed E-state index contributed by atoms with van der Waals surface area (Å²) in [4.78, 5) is 34.1. The SMILES string of the molecule is CC(C(=O)NC1CC1)n1nc(C(=O)O)ccc1=O. The number of carboxylic acids is 1. The van der Waals surface area contributed by atoms with Crippen LogP contribution in [0, 0.1) is 0 Å². The van der Waals surface area contributed by atoms with Crippen molar-refractivity contribution in [3.63, 3.8) is 0 Å². The second-order valence-electron chi connectivity index (χ2n) is 4.27. The van der Waals surface area contributed by atoms with Gasteiger partial charge in [-0.25, -0.2) is 9.48 Å². The zero-order valence-electron chi connectivity index (χ0n) is 9.79. The highest BCUT2D eigenvalue weighted by molar-refractivity contribution is 5.85. The van der Waals surface area contributed by atoms with Crippen molar-refractivity contribution < 1.29 is 14.7 Å². The summed E-state index contributed by atoms with van der Waals surface area (Å²) in [5.41, 5.74) is -0.765. The number of carbonyl (C=O) groups excluding carboxylic acids is 1.